The second-order valence-corrected chi connectivity index (χ2v) is 3.78. The lowest BCUT2D eigenvalue weighted by atomic mass is 10.2. The van der Waals surface area contributed by atoms with Crippen molar-refractivity contribution < 1.29 is 0 Å². The zero-order chi connectivity index (χ0) is 11.7. The van der Waals surface area contributed by atoms with Gasteiger partial charge in [-0.2, -0.15) is 0 Å². The molecule has 2 aromatic heterocycles. The van der Waals surface area contributed by atoms with Crippen LogP contribution in [0.5, 0.6) is 0 Å². The van der Waals surface area contributed by atoms with E-state index in [1.807, 2.05) is 35.0 Å². The van der Waals surface area contributed by atoms with Crippen LogP contribution in [0.4, 0.5) is 0 Å². The van der Waals surface area contributed by atoms with Gasteiger partial charge in [-0.3, -0.25) is 4.57 Å². The van der Waals surface area contributed by atoms with Gasteiger partial charge in [0.1, 0.15) is 18.0 Å². The van der Waals surface area contributed by atoms with E-state index in [9.17, 15) is 0 Å². The van der Waals surface area contributed by atoms with Gasteiger partial charge >= 0.3 is 0 Å². The van der Waals surface area contributed by atoms with Crippen LogP contribution in [0.15, 0.2) is 43.0 Å². The molecule has 0 atom stereocenters. The van der Waals surface area contributed by atoms with Crippen molar-refractivity contribution in [3.05, 3.63) is 48.8 Å². The minimum Gasteiger partial charge on any atom is -0.287 e. The van der Waals surface area contributed by atoms with E-state index < -0.39 is 0 Å². The number of imidazole rings is 1. The van der Waals surface area contributed by atoms with Crippen LogP contribution in [-0.4, -0.2) is 19.5 Å². The second-order valence-electron chi connectivity index (χ2n) is 3.78. The number of rotatable bonds is 2. The Morgan fingerprint density at radius 1 is 1.12 bits per heavy atom. The van der Waals surface area contributed by atoms with Crippen molar-refractivity contribution >= 4 is 10.9 Å². The van der Waals surface area contributed by atoms with Gasteiger partial charge in [0.2, 0.25) is 0 Å². The van der Waals surface area contributed by atoms with E-state index in [0.29, 0.717) is 0 Å². The van der Waals surface area contributed by atoms with Gasteiger partial charge in [-0.15, -0.1) is 0 Å². The molecule has 0 fully saturated rings. The molecule has 0 aliphatic rings. The highest BCUT2D eigenvalue weighted by atomic mass is 15.1. The first kappa shape index (κ1) is 9.96. The Labute approximate surface area is 99.0 Å². The molecule has 3 aromatic rings. The number of hydrogen-bond acceptors (Lipinski definition) is 3. The molecule has 0 bridgehead atoms. The normalized spacial score (nSPS) is 10.9. The summed E-state index contributed by atoms with van der Waals surface area (Å²) < 4.78 is 2.02. The molecule has 0 aliphatic heterocycles. The Kier molecular flexibility index (Phi) is 2.33. The lowest BCUT2D eigenvalue weighted by molar-refractivity contribution is 0.870. The fraction of sp³-hybridized carbons (Fsp3) is 0.154. The first-order valence-corrected chi connectivity index (χ1v) is 5.62. The van der Waals surface area contributed by atoms with E-state index in [1.54, 1.807) is 12.5 Å². The van der Waals surface area contributed by atoms with Gasteiger partial charge < -0.3 is 0 Å². The Morgan fingerprint density at radius 3 is 2.88 bits per heavy atom. The van der Waals surface area contributed by atoms with Gasteiger partial charge in [0, 0.05) is 24.2 Å². The molecule has 2 heterocycles. The SMILES string of the molecule is CCc1nccn1-c1ncnc2ccccc12. The molecule has 0 saturated carbocycles. The number of para-hydroxylation sites is 1. The van der Waals surface area contributed by atoms with Crippen LogP contribution >= 0.6 is 0 Å². The standard InChI is InChI=1S/C13H12N4/c1-2-12-14-7-8-17(12)13-10-5-3-4-6-11(10)15-9-16-13/h3-9H,2H2,1H3. The molecule has 0 aliphatic carbocycles. The Hall–Kier alpha value is -2.23. The number of nitrogens with zero attached hydrogens (tertiary/aromatic N) is 4. The van der Waals surface area contributed by atoms with Crippen molar-refractivity contribution in [3.8, 4) is 5.82 Å². The summed E-state index contributed by atoms with van der Waals surface area (Å²) in [5.74, 6) is 1.90. The first-order chi connectivity index (χ1) is 8.40. The quantitative estimate of drug-likeness (QED) is 0.671. The monoisotopic (exact) mass is 224 g/mol. The zero-order valence-electron chi connectivity index (χ0n) is 9.54. The number of aromatic nitrogens is 4. The number of hydrogen-bond donors (Lipinski definition) is 0. The van der Waals surface area contributed by atoms with E-state index in [0.717, 1.165) is 29.0 Å². The van der Waals surface area contributed by atoms with Gasteiger partial charge in [0.15, 0.2) is 0 Å². The van der Waals surface area contributed by atoms with Crippen molar-refractivity contribution in [2.24, 2.45) is 0 Å². The van der Waals surface area contributed by atoms with Crippen molar-refractivity contribution in [2.45, 2.75) is 13.3 Å². The summed E-state index contributed by atoms with van der Waals surface area (Å²) in [7, 11) is 0. The molecule has 17 heavy (non-hydrogen) atoms. The van der Waals surface area contributed by atoms with Gasteiger partial charge in [0.05, 0.1) is 5.52 Å². The molecule has 0 N–H and O–H groups in total. The number of fused-ring (bicyclic) bond motifs is 1. The fourth-order valence-electron chi connectivity index (χ4n) is 1.97. The van der Waals surface area contributed by atoms with Crippen molar-refractivity contribution in [1.82, 2.24) is 19.5 Å². The third kappa shape index (κ3) is 1.58. The summed E-state index contributed by atoms with van der Waals surface area (Å²) in [5.41, 5.74) is 0.952. The molecular weight excluding hydrogens is 212 g/mol. The highest BCUT2D eigenvalue weighted by Crippen LogP contribution is 2.19. The Morgan fingerprint density at radius 2 is 2.00 bits per heavy atom. The average molecular weight is 224 g/mol. The molecule has 84 valence electrons. The molecule has 0 saturated heterocycles. The molecule has 0 spiro atoms. The van der Waals surface area contributed by atoms with Crippen LogP contribution in [0.3, 0.4) is 0 Å². The molecule has 0 radical (unpaired) electrons. The summed E-state index contributed by atoms with van der Waals surface area (Å²) in [6, 6.07) is 8.00. The number of benzene rings is 1. The fourth-order valence-corrected chi connectivity index (χ4v) is 1.97. The molecule has 1 aromatic carbocycles. The largest absolute Gasteiger partial charge is 0.287 e. The lowest BCUT2D eigenvalue weighted by Gasteiger charge is -2.07. The van der Waals surface area contributed by atoms with Crippen LogP contribution in [0.1, 0.15) is 12.7 Å². The summed E-state index contributed by atoms with van der Waals surface area (Å²) >= 11 is 0. The Balaban J connectivity index is 2.31. The third-order valence-corrected chi connectivity index (χ3v) is 2.78. The van der Waals surface area contributed by atoms with E-state index in [2.05, 4.69) is 21.9 Å². The van der Waals surface area contributed by atoms with Crippen LogP contribution in [0.25, 0.3) is 16.7 Å². The molecule has 4 heteroatoms. The van der Waals surface area contributed by atoms with Crippen LogP contribution in [0, 0.1) is 0 Å². The third-order valence-electron chi connectivity index (χ3n) is 2.78. The summed E-state index contributed by atoms with van der Waals surface area (Å²) in [6.07, 6.45) is 6.21. The minimum atomic E-state index is 0.880. The zero-order valence-corrected chi connectivity index (χ0v) is 9.54. The number of aryl methyl sites for hydroxylation is 1. The smallest absolute Gasteiger partial charge is 0.149 e. The van der Waals surface area contributed by atoms with E-state index in [1.165, 1.54) is 0 Å². The van der Waals surface area contributed by atoms with E-state index in [4.69, 9.17) is 0 Å². The van der Waals surface area contributed by atoms with Gasteiger partial charge in [-0.1, -0.05) is 19.1 Å². The van der Waals surface area contributed by atoms with Gasteiger partial charge in [0.25, 0.3) is 0 Å². The molecule has 0 unspecified atom stereocenters. The minimum absolute atomic E-state index is 0.880. The summed E-state index contributed by atoms with van der Waals surface area (Å²) in [5, 5.41) is 1.04. The Bertz CT molecular complexity index is 652. The molecule has 3 rings (SSSR count). The van der Waals surface area contributed by atoms with Crippen molar-refractivity contribution in [3.63, 3.8) is 0 Å². The highest BCUT2D eigenvalue weighted by Gasteiger charge is 2.08. The van der Waals surface area contributed by atoms with Crippen molar-refractivity contribution in [1.29, 1.82) is 0 Å². The predicted octanol–water partition coefficient (Wildman–Crippen LogP) is 2.38. The average Bonchev–Trinajstić information content (AvgIpc) is 2.86. The maximum absolute atomic E-state index is 4.37. The molecule has 4 nitrogen and oxygen atoms in total. The molecular formula is C13H12N4. The maximum Gasteiger partial charge on any atom is 0.149 e. The van der Waals surface area contributed by atoms with Crippen LogP contribution in [0.2, 0.25) is 0 Å². The second kappa shape index (κ2) is 3.97. The maximum atomic E-state index is 4.37. The first-order valence-electron chi connectivity index (χ1n) is 5.62. The van der Waals surface area contributed by atoms with E-state index in [-0.39, 0.29) is 0 Å². The summed E-state index contributed by atoms with van der Waals surface area (Å²) in [4.78, 5) is 13.0. The van der Waals surface area contributed by atoms with Gasteiger partial charge in [-0.05, 0) is 12.1 Å². The topological polar surface area (TPSA) is 43.6 Å². The predicted molar refractivity (Wildman–Crippen MR) is 66.0 cm³/mol. The van der Waals surface area contributed by atoms with Crippen LogP contribution in [-0.2, 0) is 6.42 Å². The van der Waals surface area contributed by atoms with Crippen LogP contribution < -0.4 is 0 Å². The van der Waals surface area contributed by atoms with Crippen molar-refractivity contribution in [2.75, 3.05) is 0 Å². The van der Waals surface area contributed by atoms with E-state index >= 15 is 0 Å². The lowest BCUT2D eigenvalue weighted by Crippen LogP contribution is -2.02. The molecule has 0 amide bonds. The van der Waals surface area contributed by atoms with Gasteiger partial charge in [-0.25, -0.2) is 15.0 Å². The highest BCUT2D eigenvalue weighted by molar-refractivity contribution is 5.84. The summed E-state index contributed by atoms with van der Waals surface area (Å²) in [6.45, 7) is 2.09.